The monoisotopic (exact) mass is 364 g/mol. The maximum atomic E-state index is 12.8. The van der Waals surface area contributed by atoms with Gasteiger partial charge < -0.3 is 10.6 Å². The normalized spacial score (nSPS) is 18.3. The minimum atomic E-state index is -4.44. The third-order valence-corrected chi connectivity index (χ3v) is 4.20. The molecule has 0 unspecified atom stereocenters. The summed E-state index contributed by atoms with van der Waals surface area (Å²) in [5.74, 6) is -0.241. The molecule has 1 aromatic rings. The lowest BCUT2D eigenvalue weighted by Gasteiger charge is -2.32. The van der Waals surface area contributed by atoms with Gasteiger partial charge in [0.2, 0.25) is 5.91 Å². The summed E-state index contributed by atoms with van der Waals surface area (Å²) in [5, 5.41) is 5.77. The molecule has 2 N–H and O–H groups in total. The van der Waals surface area contributed by atoms with E-state index in [1.807, 2.05) is 6.92 Å². The summed E-state index contributed by atoms with van der Waals surface area (Å²) in [4.78, 5) is 12.3. The number of hydrogen-bond donors (Lipinski definition) is 2. The fourth-order valence-corrected chi connectivity index (χ4v) is 2.81. The molecule has 0 radical (unpaired) electrons. The Morgan fingerprint density at radius 2 is 1.90 bits per heavy atom. The topological polar surface area (TPSA) is 41.1 Å². The highest BCUT2D eigenvalue weighted by atomic mass is 79.9. The van der Waals surface area contributed by atoms with Crippen LogP contribution in [-0.4, -0.2) is 19.0 Å². The molecule has 0 atom stereocenters. The molecule has 1 aliphatic heterocycles. The van der Waals surface area contributed by atoms with Gasteiger partial charge in [-0.05, 0) is 44.1 Å². The summed E-state index contributed by atoms with van der Waals surface area (Å²) in [7, 11) is 0. The molecule has 3 nitrogen and oxygen atoms in total. The SMILES string of the molecule is CC1(C(=O)Nc2cc(Br)cc(C(F)(F)F)c2)CCNCC1. The molecule has 116 valence electrons. The van der Waals surface area contributed by atoms with Crippen LogP contribution >= 0.6 is 15.9 Å². The number of halogens is 4. The lowest BCUT2D eigenvalue weighted by molar-refractivity contribution is -0.137. The first kappa shape index (κ1) is 16.3. The number of nitrogens with one attached hydrogen (secondary N) is 2. The smallest absolute Gasteiger partial charge is 0.326 e. The number of piperidine rings is 1. The summed E-state index contributed by atoms with van der Waals surface area (Å²) < 4.78 is 38.6. The molecule has 1 saturated heterocycles. The van der Waals surface area contributed by atoms with Crippen LogP contribution in [0.5, 0.6) is 0 Å². The van der Waals surface area contributed by atoms with Crippen molar-refractivity contribution in [3.05, 3.63) is 28.2 Å². The third-order valence-electron chi connectivity index (χ3n) is 3.74. The molecule has 7 heteroatoms. The molecule has 0 spiro atoms. The second kappa shape index (κ2) is 5.96. The largest absolute Gasteiger partial charge is 0.416 e. The van der Waals surface area contributed by atoms with E-state index in [0.717, 1.165) is 25.2 Å². The Labute approximate surface area is 129 Å². The van der Waals surface area contributed by atoms with Gasteiger partial charge in [-0.25, -0.2) is 0 Å². The van der Waals surface area contributed by atoms with Crippen LogP contribution in [-0.2, 0) is 11.0 Å². The first-order chi connectivity index (χ1) is 9.71. The van der Waals surface area contributed by atoms with Crippen LogP contribution in [0.25, 0.3) is 0 Å². The number of anilines is 1. The molecular formula is C14H16BrF3N2O. The average Bonchev–Trinajstić information content (AvgIpc) is 2.37. The summed E-state index contributed by atoms with van der Waals surface area (Å²) >= 11 is 3.04. The molecule has 1 heterocycles. The van der Waals surface area contributed by atoms with E-state index in [0.29, 0.717) is 12.8 Å². The number of carbonyl (C=O) groups excluding carboxylic acids is 1. The van der Waals surface area contributed by atoms with Crippen LogP contribution in [0, 0.1) is 5.41 Å². The van der Waals surface area contributed by atoms with Gasteiger partial charge in [0.05, 0.1) is 5.56 Å². The lowest BCUT2D eigenvalue weighted by Crippen LogP contribution is -2.42. The Morgan fingerprint density at radius 3 is 2.48 bits per heavy atom. The Hall–Kier alpha value is -1.08. The zero-order valence-electron chi connectivity index (χ0n) is 11.5. The maximum Gasteiger partial charge on any atom is 0.416 e. The van der Waals surface area contributed by atoms with Crippen molar-refractivity contribution in [1.29, 1.82) is 0 Å². The van der Waals surface area contributed by atoms with E-state index in [2.05, 4.69) is 26.6 Å². The highest BCUT2D eigenvalue weighted by molar-refractivity contribution is 9.10. The standard InChI is InChI=1S/C14H16BrF3N2O/c1-13(2-4-19-5-3-13)12(21)20-11-7-9(14(16,17)18)6-10(15)8-11/h6-8,19H,2-5H2,1H3,(H,20,21). The minimum Gasteiger partial charge on any atom is -0.326 e. The fraction of sp³-hybridized carbons (Fsp3) is 0.500. The fourth-order valence-electron chi connectivity index (χ4n) is 2.31. The van der Waals surface area contributed by atoms with Gasteiger partial charge in [-0.15, -0.1) is 0 Å². The second-order valence-corrected chi connectivity index (χ2v) is 6.41. The average molecular weight is 365 g/mol. The molecule has 21 heavy (non-hydrogen) atoms. The quantitative estimate of drug-likeness (QED) is 0.837. The molecule has 0 saturated carbocycles. The Balaban J connectivity index is 2.19. The van der Waals surface area contributed by atoms with Gasteiger partial charge in [0.1, 0.15) is 0 Å². The minimum absolute atomic E-state index is 0.154. The van der Waals surface area contributed by atoms with Crippen LogP contribution in [0.2, 0.25) is 0 Å². The molecule has 1 fully saturated rings. The first-order valence-corrected chi connectivity index (χ1v) is 7.40. The van der Waals surface area contributed by atoms with Crippen LogP contribution in [0.4, 0.5) is 18.9 Å². The predicted molar refractivity (Wildman–Crippen MR) is 78.0 cm³/mol. The number of hydrogen-bond acceptors (Lipinski definition) is 2. The third kappa shape index (κ3) is 3.97. The lowest BCUT2D eigenvalue weighted by atomic mass is 9.80. The van der Waals surface area contributed by atoms with E-state index >= 15 is 0 Å². The zero-order valence-corrected chi connectivity index (χ0v) is 13.1. The summed E-state index contributed by atoms with van der Waals surface area (Å²) in [6, 6.07) is 3.41. The number of alkyl halides is 3. The van der Waals surface area contributed by atoms with Crippen molar-refractivity contribution < 1.29 is 18.0 Å². The second-order valence-electron chi connectivity index (χ2n) is 5.49. The first-order valence-electron chi connectivity index (χ1n) is 6.61. The number of carbonyl (C=O) groups is 1. The van der Waals surface area contributed by atoms with E-state index in [1.165, 1.54) is 6.07 Å². The van der Waals surface area contributed by atoms with E-state index < -0.39 is 17.2 Å². The van der Waals surface area contributed by atoms with Crippen molar-refractivity contribution in [2.45, 2.75) is 25.9 Å². The maximum absolute atomic E-state index is 12.8. The van der Waals surface area contributed by atoms with E-state index in [-0.39, 0.29) is 16.1 Å². The molecular weight excluding hydrogens is 349 g/mol. The van der Waals surface area contributed by atoms with Gasteiger partial charge in [-0.1, -0.05) is 22.9 Å². The number of rotatable bonds is 2. The molecule has 0 aliphatic carbocycles. The zero-order chi connectivity index (χ0) is 15.7. The molecule has 1 aromatic carbocycles. The van der Waals surface area contributed by atoms with Gasteiger partial charge in [-0.2, -0.15) is 13.2 Å². The van der Waals surface area contributed by atoms with Crippen LogP contribution < -0.4 is 10.6 Å². The van der Waals surface area contributed by atoms with Crippen molar-refractivity contribution in [2.75, 3.05) is 18.4 Å². The van der Waals surface area contributed by atoms with Crippen molar-refractivity contribution in [3.8, 4) is 0 Å². The molecule has 2 rings (SSSR count). The van der Waals surface area contributed by atoms with Crippen molar-refractivity contribution >= 4 is 27.5 Å². The predicted octanol–water partition coefficient (Wildman–Crippen LogP) is 3.80. The van der Waals surface area contributed by atoms with Crippen LogP contribution in [0.15, 0.2) is 22.7 Å². The van der Waals surface area contributed by atoms with E-state index in [1.54, 1.807) is 0 Å². The van der Waals surface area contributed by atoms with Crippen molar-refractivity contribution in [1.82, 2.24) is 5.32 Å². The Morgan fingerprint density at radius 1 is 1.29 bits per heavy atom. The van der Waals surface area contributed by atoms with Crippen molar-refractivity contribution in [3.63, 3.8) is 0 Å². The summed E-state index contributed by atoms with van der Waals surface area (Å²) in [6.07, 6.45) is -3.11. The van der Waals surface area contributed by atoms with Crippen LogP contribution in [0.3, 0.4) is 0 Å². The van der Waals surface area contributed by atoms with Gasteiger partial charge in [-0.3, -0.25) is 4.79 Å². The molecule has 1 amide bonds. The highest BCUT2D eigenvalue weighted by Crippen LogP contribution is 2.35. The van der Waals surface area contributed by atoms with Gasteiger partial charge in [0, 0.05) is 15.6 Å². The Bertz CT molecular complexity index is 540. The summed E-state index contributed by atoms with van der Waals surface area (Å²) in [5.41, 5.74) is -1.18. The highest BCUT2D eigenvalue weighted by Gasteiger charge is 2.35. The van der Waals surface area contributed by atoms with E-state index in [9.17, 15) is 18.0 Å². The van der Waals surface area contributed by atoms with Gasteiger partial charge >= 0.3 is 6.18 Å². The number of benzene rings is 1. The molecule has 1 aliphatic rings. The van der Waals surface area contributed by atoms with Crippen molar-refractivity contribution in [2.24, 2.45) is 5.41 Å². The molecule has 0 bridgehead atoms. The Kier molecular flexibility index (Phi) is 4.63. The summed E-state index contributed by atoms with van der Waals surface area (Å²) in [6.45, 7) is 3.30. The van der Waals surface area contributed by atoms with Gasteiger partial charge in [0.25, 0.3) is 0 Å². The van der Waals surface area contributed by atoms with Gasteiger partial charge in [0.15, 0.2) is 0 Å². The molecule has 0 aromatic heterocycles. The van der Waals surface area contributed by atoms with Crippen LogP contribution in [0.1, 0.15) is 25.3 Å². The van der Waals surface area contributed by atoms with E-state index in [4.69, 9.17) is 0 Å². The number of amides is 1.